The van der Waals surface area contributed by atoms with Crippen molar-refractivity contribution < 1.29 is 25.2 Å². The molecule has 5 heteroatoms. The van der Waals surface area contributed by atoms with E-state index in [0.29, 0.717) is 24.3 Å². The van der Waals surface area contributed by atoms with Crippen LogP contribution in [-0.2, 0) is 9.68 Å². The molecule has 0 saturated heterocycles. The van der Waals surface area contributed by atoms with Crippen LogP contribution in [0.2, 0.25) is 0 Å². The lowest BCUT2D eigenvalue weighted by molar-refractivity contribution is -0.375. The lowest BCUT2D eigenvalue weighted by Gasteiger charge is -2.50. The van der Waals surface area contributed by atoms with Crippen LogP contribution in [0.4, 0.5) is 0 Å². The minimum Gasteiger partial charge on any atom is -0.392 e. The Balaban J connectivity index is 2.33. The van der Waals surface area contributed by atoms with Gasteiger partial charge in [0, 0.05) is 11.8 Å². The van der Waals surface area contributed by atoms with Crippen LogP contribution >= 0.6 is 0 Å². The van der Waals surface area contributed by atoms with Crippen LogP contribution in [0.5, 0.6) is 0 Å². The molecule has 0 aromatic carbocycles. The van der Waals surface area contributed by atoms with Crippen LogP contribution < -0.4 is 0 Å². The Hall–Kier alpha value is -1.01. The molecule has 0 radical (unpaired) electrons. The summed E-state index contributed by atoms with van der Waals surface area (Å²) in [5, 5.41) is 31.7. The molecule has 3 rings (SSSR count). The van der Waals surface area contributed by atoms with Crippen LogP contribution in [0.25, 0.3) is 0 Å². The molecule has 0 aromatic heterocycles. The molecule has 3 aliphatic carbocycles. The fourth-order valence-corrected chi connectivity index (χ4v) is 6.51. The third-order valence-corrected chi connectivity index (χ3v) is 8.01. The molecule has 0 heterocycles. The monoisotopic (exact) mass is 392 g/mol. The van der Waals surface area contributed by atoms with Gasteiger partial charge in [0.25, 0.3) is 0 Å². The number of allylic oxidation sites excluding steroid dienone is 1. The van der Waals surface area contributed by atoms with Crippen molar-refractivity contribution in [2.45, 2.75) is 72.5 Å². The quantitative estimate of drug-likeness (QED) is 0.387. The van der Waals surface area contributed by atoms with E-state index in [9.17, 15) is 20.3 Å². The van der Waals surface area contributed by atoms with Crippen molar-refractivity contribution in [3.8, 4) is 0 Å². The summed E-state index contributed by atoms with van der Waals surface area (Å²) in [5.41, 5.74) is -1.27. The number of carbonyl (C=O) groups is 1. The molecule has 158 valence electrons. The zero-order valence-electron chi connectivity index (χ0n) is 18.0. The summed E-state index contributed by atoms with van der Waals surface area (Å²) in [7, 11) is 0. The van der Waals surface area contributed by atoms with Gasteiger partial charge in [-0.25, -0.2) is 4.89 Å². The minimum atomic E-state index is -1.50. The van der Waals surface area contributed by atoms with Crippen molar-refractivity contribution >= 4 is 5.78 Å². The Labute approximate surface area is 168 Å². The second-order valence-corrected chi connectivity index (χ2v) is 10.3. The van der Waals surface area contributed by atoms with Crippen molar-refractivity contribution in [2.24, 2.45) is 34.5 Å². The van der Waals surface area contributed by atoms with Crippen LogP contribution in [-0.4, -0.2) is 39.6 Å². The minimum absolute atomic E-state index is 0.00130. The number of fused-ring (bicyclic) bond motifs is 1. The molecule has 3 aliphatic rings. The SMILES string of the molecule is CC[C@H]1C(C)=C[C@]23C(=O)[C@@H](C=C(CO)[C@@H](O)[C@]12OO)C[C@H](C(C)(C)C)C[C@H]3C. The Morgan fingerprint density at radius 1 is 1.29 bits per heavy atom. The van der Waals surface area contributed by atoms with E-state index in [4.69, 9.17) is 4.89 Å². The summed E-state index contributed by atoms with van der Waals surface area (Å²) in [6.45, 7) is 12.2. The zero-order valence-corrected chi connectivity index (χ0v) is 18.0. The number of carbonyl (C=O) groups excluding carboxylic acids is 1. The predicted octanol–water partition coefficient (Wildman–Crippen LogP) is 3.76. The highest BCUT2D eigenvalue weighted by atomic mass is 17.1. The molecular weight excluding hydrogens is 356 g/mol. The summed E-state index contributed by atoms with van der Waals surface area (Å²) in [5.74, 6) is -0.540. The van der Waals surface area contributed by atoms with E-state index in [1.807, 2.05) is 26.8 Å². The Kier molecular flexibility index (Phi) is 5.46. The molecule has 28 heavy (non-hydrogen) atoms. The van der Waals surface area contributed by atoms with E-state index >= 15 is 0 Å². The average molecular weight is 393 g/mol. The van der Waals surface area contributed by atoms with Gasteiger partial charge in [0.1, 0.15) is 6.10 Å². The molecule has 1 spiro atoms. The summed E-state index contributed by atoms with van der Waals surface area (Å²) in [6, 6.07) is 0. The van der Waals surface area contributed by atoms with Crippen molar-refractivity contribution in [3.63, 3.8) is 0 Å². The van der Waals surface area contributed by atoms with Crippen molar-refractivity contribution in [1.29, 1.82) is 0 Å². The number of aliphatic hydroxyl groups excluding tert-OH is 2. The third kappa shape index (κ3) is 2.63. The molecule has 3 N–H and O–H groups in total. The molecule has 2 bridgehead atoms. The van der Waals surface area contributed by atoms with E-state index in [1.54, 1.807) is 6.08 Å². The van der Waals surface area contributed by atoms with Crippen molar-refractivity contribution in [2.75, 3.05) is 6.61 Å². The first-order chi connectivity index (χ1) is 13.0. The van der Waals surface area contributed by atoms with Gasteiger partial charge in [-0.05, 0) is 49.0 Å². The van der Waals surface area contributed by atoms with E-state index in [0.717, 1.165) is 12.0 Å². The maximum atomic E-state index is 14.0. The molecule has 0 aromatic rings. The normalized spacial score (nSPS) is 43.8. The topological polar surface area (TPSA) is 87.0 Å². The lowest BCUT2D eigenvalue weighted by atomic mass is 9.57. The van der Waals surface area contributed by atoms with E-state index < -0.39 is 23.0 Å². The molecule has 0 amide bonds. The summed E-state index contributed by atoms with van der Waals surface area (Å²) >= 11 is 0. The Morgan fingerprint density at radius 2 is 1.93 bits per heavy atom. The highest BCUT2D eigenvalue weighted by Gasteiger charge is 2.72. The van der Waals surface area contributed by atoms with Gasteiger partial charge in [0.15, 0.2) is 11.4 Å². The fraction of sp³-hybridized carbons (Fsp3) is 0.783. The first-order valence-electron chi connectivity index (χ1n) is 10.6. The fourth-order valence-electron chi connectivity index (χ4n) is 6.51. The Bertz CT molecular complexity index is 702. The predicted molar refractivity (Wildman–Crippen MR) is 107 cm³/mol. The van der Waals surface area contributed by atoms with Crippen LogP contribution in [0.3, 0.4) is 0 Å². The first kappa shape index (κ1) is 21.7. The van der Waals surface area contributed by atoms with Crippen LogP contribution in [0, 0.1) is 34.5 Å². The standard InChI is InChI=1S/C23H36O5/c1-7-18-13(2)11-22-14(3)8-17(21(4,5)6)10-15(19(22)25)9-16(12-24)20(26)23(18,22)28-27/h9,11,14-15,17-18,20,24,26-27H,7-8,10,12H2,1-6H3/t14-,15+,17-,18+,20-,22+,23-/m1/s1. The van der Waals surface area contributed by atoms with Crippen LogP contribution in [0.1, 0.15) is 60.8 Å². The molecule has 5 nitrogen and oxygen atoms in total. The smallest absolute Gasteiger partial charge is 0.155 e. The Morgan fingerprint density at radius 3 is 2.43 bits per heavy atom. The van der Waals surface area contributed by atoms with E-state index in [1.165, 1.54) is 0 Å². The number of aliphatic hydroxyl groups is 2. The molecule has 0 aliphatic heterocycles. The average Bonchev–Trinajstić information content (AvgIpc) is 2.81. The maximum Gasteiger partial charge on any atom is 0.155 e. The molecule has 7 atom stereocenters. The van der Waals surface area contributed by atoms with Crippen LogP contribution in [0.15, 0.2) is 23.3 Å². The second-order valence-electron chi connectivity index (χ2n) is 10.3. The highest BCUT2D eigenvalue weighted by molar-refractivity contribution is 5.94. The van der Waals surface area contributed by atoms with Gasteiger partial charge < -0.3 is 10.2 Å². The van der Waals surface area contributed by atoms with Gasteiger partial charge in [-0.3, -0.25) is 10.1 Å². The van der Waals surface area contributed by atoms with E-state index in [-0.39, 0.29) is 29.6 Å². The van der Waals surface area contributed by atoms with Crippen molar-refractivity contribution in [1.82, 2.24) is 0 Å². The number of Topliss-reactive ketones (excluding diaryl/α,β-unsaturated/α-hetero) is 1. The van der Waals surface area contributed by atoms with Gasteiger partial charge in [-0.2, -0.15) is 0 Å². The molecular formula is C23H36O5. The zero-order chi connectivity index (χ0) is 21.1. The highest BCUT2D eigenvalue weighted by Crippen LogP contribution is 2.64. The maximum absolute atomic E-state index is 14.0. The summed E-state index contributed by atoms with van der Waals surface area (Å²) < 4.78 is 0. The number of hydrogen-bond acceptors (Lipinski definition) is 5. The third-order valence-electron chi connectivity index (χ3n) is 8.01. The summed E-state index contributed by atoms with van der Waals surface area (Å²) in [6.07, 6.45) is 4.58. The molecule has 0 unspecified atom stereocenters. The van der Waals surface area contributed by atoms with Crippen molar-refractivity contribution in [3.05, 3.63) is 23.3 Å². The number of rotatable bonds is 3. The summed E-state index contributed by atoms with van der Waals surface area (Å²) in [4.78, 5) is 19.3. The molecule has 1 saturated carbocycles. The van der Waals surface area contributed by atoms with E-state index in [2.05, 4.69) is 20.8 Å². The van der Waals surface area contributed by atoms with Gasteiger partial charge in [0.2, 0.25) is 0 Å². The molecule has 1 fully saturated rings. The second kappa shape index (κ2) is 7.05. The van der Waals surface area contributed by atoms with Gasteiger partial charge in [-0.1, -0.05) is 52.3 Å². The van der Waals surface area contributed by atoms with Gasteiger partial charge >= 0.3 is 0 Å². The largest absolute Gasteiger partial charge is 0.392 e. The van der Waals surface area contributed by atoms with Gasteiger partial charge in [0.05, 0.1) is 12.0 Å². The number of hydrogen-bond donors (Lipinski definition) is 3. The lowest BCUT2D eigenvalue weighted by Crippen LogP contribution is -2.64. The number of ketones is 1. The first-order valence-corrected chi connectivity index (χ1v) is 10.6. The van der Waals surface area contributed by atoms with Gasteiger partial charge in [-0.15, -0.1) is 0 Å².